The summed E-state index contributed by atoms with van der Waals surface area (Å²) in [5.74, 6) is -4.89. The zero-order valence-corrected chi connectivity index (χ0v) is 24.6. The van der Waals surface area contributed by atoms with Crippen molar-refractivity contribution in [1.29, 1.82) is 0 Å². The van der Waals surface area contributed by atoms with Gasteiger partial charge in [0.2, 0.25) is 0 Å². The average Bonchev–Trinajstić information content (AvgIpc) is 3.34. The molecule has 12 nitrogen and oxygen atoms in total. The van der Waals surface area contributed by atoms with Crippen molar-refractivity contribution in [1.82, 2.24) is 9.80 Å². The Morgan fingerprint density at radius 3 is 2.50 bits per heavy atom. The molecule has 6 rings (SSSR count). The Bertz CT molecular complexity index is 1420. The summed E-state index contributed by atoms with van der Waals surface area (Å²) < 4.78 is 5.98. The molecule has 3 aliphatic carbocycles. The number of aliphatic hydroxyl groups is 3. The van der Waals surface area contributed by atoms with Crippen LogP contribution in [0.15, 0.2) is 16.9 Å². The quantitative estimate of drug-likeness (QED) is 0.170. The number of carbonyl (C=O) groups excluding carboxylic acids is 3. The SMILES string of the molecule is CCN(C)[C@@H]1C(O)=C(C(N)=O)C(=O)C2C(=O)C3=C(O)c4c(O)c5c(c(OC)c4C[C@H]3C[C@H]21)C1C(CCN1C)CN5.CO. The minimum atomic E-state index is -1.28. The fourth-order valence-electron chi connectivity index (χ4n) is 8.12. The second-order valence-corrected chi connectivity index (χ2v) is 11.8. The lowest BCUT2D eigenvalue weighted by molar-refractivity contribution is -0.137. The van der Waals surface area contributed by atoms with Crippen molar-refractivity contribution in [2.45, 2.75) is 38.3 Å². The molecular weight excluding hydrogens is 544 g/mol. The largest absolute Gasteiger partial charge is 0.510 e. The lowest BCUT2D eigenvalue weighted by atomic mass is 9.59. The Balaban J connectivity index is 0.00000173. The van der Waals surface area contributed by atoms with E-state index in [9.17, 15) is 29.7 Å². The average molecular weight is 585 g/mol. The molecule has 0 spiro atoms. The maximum absolute atomic E-state index is 14.1. The summed E-state index contributed by atoms with van der Waals surface area (Å²) in [6, 6.07) is -0.722. The summed E-state index contributed by atoms with van der Waals surface area (Å²) in [6.07, 6.45) is 1.62. The number of nitrogens with one attached hydrogen (secondary N) is 1. The Hall–Kier alpha value is -3.61. The molecule has 2 fully saturated rings. The van der Waals surface area contributed by atoms with Crippen LogP contribution in [0.2, 0.25) is 0 Å². The first kappa shape index (κ1) is 29.9. The summed E-state index contributed by atoms with van der Waals surface area (Å²) in [5, 5.41) is 44.5. The number of primary amides is 1. The Morgan fingerprint density at radius 2 is 1.88 bits per heavy atom. The van der Waals surface area contributed by atoms with Crippen molar-refractivity contribution >= 4 is 28.9 Å². The third kappa shape index (κ3) is 4.03. The number of nitrogens with two attached hydrogens (primary N) is 1. The number of ether oxygens (including phenoxy) is 1. The zero-order valence-electron chi connectivity index (χ0n) is 24.6. The molecule has 1 aromatic carbocycles. The van der Waals surface area contributed by atoms with E-state index in [4.69, 9.17) is 15.6 Å². The number of phenols is 1. The molecule has 3 unspecified atom stereocenters. The third-order valence-corrected chi connectivity index (χ3v) is 9.95. The van der Waals surface area contributed by atoms with Gasteiger partial charge >= 0.3 is 0 Å². The monoisotopic (exact) mass is 584 g/mol. The van der Waals surface area contributed by atoms with Crippen molar-refractivity contribution < 1.29 is 39.5 Å². The molecule has 0 aromatic heterocycles. The Kier molecular flexibility index (Phi) is 7.75. The minimum Gasteiger partial charge on any atom is -0.510 e. The number of rotatable bonds is 4. The number of hydrogen-bond acceptors (Lipinski definition) is 11. The van der Waals surface area contributed by atoms with Gasteiger partial charge in [0.15, 0.2) is 17.3 Å². The number of aromatic hydroxyl groups is 1. The molecule has 1 aromatic rings. The van der Waals surface area contributed by atoms with E-state index in [0.29, 0.717) is 48.8 Å². The van der Waals surface area contributed by atoms with E-state index < -0.39 is 52.6 Å². The highest BCUT2D eigenvalue weighted by Crippen LogP contribution is 2.58. The van der Waals surface area contributed by atoms with Crippen LogP contribution in [-0.4, -0.2) is 102 Å². The van der Waals surface area contributed by atoms with Gasteiger partial charge in [0.25, 0.3) is 5.91 Å². The predicted molar refractivity (Wildman–Crippen MR) is 154 cm³/mol. The van der Waals surface area contributed by atoms with Crippen LogP contribution >= 0.6 is 0 Å². The Morgan fingerprint density at radius 1 is 1.19 bits per heavy atom. The van der Waals surface area contributed by atoms with E-state index in [2.05, 4.69) is 17.3 Å². The number of methoxy groups -OCH3 is 1. The molecule has 1 saturated carbocycles. The van der Waals surface area contributed by atoms with Gasteiger partial charge in [0, 0.05) is 36.4 Å². The van der Waals surface area contributed by atoms with Crippen LogP contribution < -0.4 is 15.8 Å². The number of allylic oxidation sites excluding steroid dienone is 1. The third-order valence-electron chi connectivity index (χ3n) is 9.95. The van der Waals surface area contributed by atoms with Crippen molar-refractivity contribution in [2.75, 3.05) is 53.3 Å². The lowest BCUT2D eigenvalue weighted by Gasteiger charge is -2.47. The normalized spacial score (nSPS) is 30.0. The number of anilines is 1. The van der Waals surface area contributed by atoms with Crippen LogP contribution in [0.4, 0.5) is 5.69 Å². The highest BCUT2D eigenvalue weighted by atomic mass is 16.5. The van der Waals surface area contributed by atoms with E-state index in [1.54, 1.807) is 19.1 Å². The van der Waals surface area contributed by atoms with Crippen molar-refractivity contribution in [3.8, 4) is 11.5 Å². The number of hydrogen-bond donors (Lipinski definition) is 6. The fraction of sp³-hybridized carbons (Fsp3) is 0.567. The minimum absolute atomic E-state index is 0.0418. The van der Waals surface area contributed by atoms with Crippen LogP contribution in [0.1, 0.15) is 42.5 Å². The molecule has 12 heteroatoms. The summed E-state index contributed by atoms with van der Waals surface area (Å²) in [5.41, 5.74) is 7.08. The van der Waals surface area contributed by atoms with Gasteiger partial charge in [-0.2, -0.15) is 0 Å². The molecule has 5 aliphatic rings. The standard InChI is InChI=1S/C29H36N4O7.CH4O/c1-5-32(2)22-13-8-12-9-14-17(24(35)15(12)23(34)16(13)25(36)19(27(22)38)29(30)39)26(37)20-18(28(14)40-4)21-11(10-31-20)6-7-33(21)3;1-2/h11-13,16,21-22,31,35,37-38H,5-10H2,1-4H3,(H2,30,39);2H,1H3/t11?,12-,13-,16?,21?,22+;/m1./s1. The van der Waals surface area contributed by atoms with Crippen LogP contribution in [0.3, 0.4) is 0 Å². The number of nitrogens with zero attached hydrogens (tertiary/aromatic N) is 2. The van der Waals surface area contributed by atoms with Crippen molar-refractivity contribution in [3.05, 3.63) is 33.6 Å². The summed E-state index contributed by atoms with van der Waals surface area (Å²) in [7, 11) is 6.38. The number of likely N-dealkylation sites (tertiary alicyclic amines) is 1. The summed E-state index contributed by atoms with van der Waals surface area (Å²) >= 11 is 0. The second kappa shape index (κ2) is 10.9. The van der Waals surface area contributed by atoms with E-state index in [1.165, 1.54) is 0 Å². The first-order valence-electron chi connectivity index (χ1n) is 14.3. The highest BCUT2D eigenvalue weighted by molar-refractivity contribution is 6.28. The number of aliphatic hydroxyl groups excluding tert-OH is 3. The molecule has 6 atom stereocenters. The maximum atomic E-state index is 14.1. The van der Waals surface area contributed by atoms with Gasteiger partial charge in [0.1, 0.15) is 22.8 Å². The molecular formula is C30H40N4O8. The number of amides is 1. The number of ketones is 2. The smallest absolute Gasteiger partial charge is 0.255 e. The van der Waals surface area contributed by atoms with Crippen LogP contribution in [0.25, 0.3) is 5.76 Å². The number of fused-ring (bicyclic) bond motifs is 6. The van der Waals surface area contributed by atoms with Gasteiger partial charge in [-0.25, -0.2) is 0 Å². The van der Waals surface area contributed by atoms with E-state index >= 15 is 0 Å². The number of carbonyl (C=O) groups is 3. The van der Waals surface area contributed by atoms with Gasteiger partial charge in [-0.1, -0.05) is 6.92 Å². The molecule has 1 amide bonds. The summed E-state index contributed by atoms with van der Waals surface area (Å²) in [6.45, 7) is 3.94. The molecule has 228 valence electrons. The first-order valence-corrected chi connectivity index (χ1v) is 14.3. The second-order valence-electron chi connectivity index (χ2n) is 11.8. The number of phenolic OH excluding ortho intramolecular Hbond substituents is 1. The van der Waals surface area contributed by atoms with Gasteiger partial charge < -0.3 is 36.2 Å². The maximum Gasteiger partial charge on any atom is 0.255 e. The summed E-state index contributed by atoms with van der Waals surface area (Å²) in [4.78, 5) is 43.8. The van der Waals surface area contributed by atoms with Crippen LogP contribution in [0.5, 0.6) is 11.5 Å². The van der Waals surface area contributed by atoms with Gasteiger partial charge in [0.05, 0.1) is 30.3 Å². The molecule has 2 heterocycles. The van der Waals surface area contributed by atoms with Crippen LogP contribution in [0, 0.1) is 23.7 Å². The fourth-order valence-corrected chi connectivity index (χ4v) is 8.12. The van der Waals surface area contributed by atoms with Gasteiger partial charge in [-0.05, 0) is 64.2 Å². The van der Waals surface area contributed by atoms with Crippen molar-refractivity contribution in [3.63, 3.8) is 0 Å². The number of benzene rings is 1. The van der Waals surface area contributed by atoms with Crippen LogP contribution in [-0.2, 0) is 20.8 Å². The first-order chi connectivity index (χ1) is 20.0. The molecule has 7 N–H and O–H groups in total. The number of Topliss-reactive ketones (excluding diaryl/α,β-unsaturated/α-hetero) is 2. The molecule has 1 saturated heterocycles. The lowest BCUT2D eigenvalue weighted by Crippen LogP contribution is -2.56. The van der Waals surface area contributed by atoms with E-state index in [-0.39, 0.29) is 28.7 Å². The Labute approximate surface area is 244 Å². The topological polar surface area (TPSA) is 186 Å². The molecule has 0 bridgehead atoms. The molecule has 0 radical (unpaired) electrons. The molecule has 42 heavy (non-hydrogen) atoms. The zero-order chi connectivity index (χ0) is 30.8. The predicted octanol–water partition coefficient (Wildman–Crippen LogP) is 1.27. The number of likely N-dealkylation sites (N-methyl/N-ethyl adjacent to an activating group) is 1. The van der Waals surface area contributed by atoms with Gasteiger partial charge in [-0.3, -0.25) is 24.2 Å². The van der Waals surface area contributed by atoms with E-state index in [0.717, 1.165) is 25.6 Å². The van der Waals surface area contributed by atoms with Crippen molar-refractivity contribution in [2.24, 2.45) is 29.4 Å². The molecule has 2 aliphatic heterocycles. The van der Waals surface area contributed by atoms with Gasteiger partial charge in [-0.15, -0.1) is 0 Å². The highest BCUT2D eigenvalue weighted by Gasteiger charge is 2.56. The van der Waals surface area contributed by atoms with E-state index in [1.807, 2.05) is 6.92 Å².